The van der Waals surface area contributed by atoms with Gasteiger partial charge in [0.15, 0.2) is 11.7 Å². The van der Waals surface area contributed by atoms with Gasteiger partial charge in [0, 0.05) is 42.4 Å². The number of amidine groups is 1. The molecule has 1 aliphatic heterocycles. The highest BCUT2D eigenvalue weighted by atomic mass is 32.1. The van der Waals surface area contributed by atoms with Crippen molar-refractivity contribution in [1.82, 2.24) is 9.97 Å². The molecule has 10 rings (SSSR count). The minimum Gasteiger partial charge on any atom is -0.233 e. The molecule has 0 saturated carbocycles. The molecule has 0 saturated heterocycles. The van der Waals surface area contributed by atoms with Gasteiger partial charge in [-0.2, -0.15) is 0 Å². The third-order valence-electron chi connectivity index (χ3n) is 10.6. The van der Waals surface area contributed by atoms with Crippen LogP contribution in [-0.2, 0) is 0 Å². The van der Waals surface area contributed by atoms with Crippen molar-refractivity contribution >= 4 is 48.8 Å². The van der Waals surface area contributed by atoms with E-state index in [4.69, 9.17) is 20.0 Å². The fourth-order valence-electron chi connectivity index (χ4n) is 7.68. The van der Waals surface area contributed by atoms with Gasteiger partial charge >= 0.3 is 0 Å². The lowest BCUT2D eigenvalue weighted by Crippen LogP contribution is -2.07. The molecule has 0 fully saturated rings. The number of hydrogen-bond donors (Lipinski definition) is 0. The summed E-state index contributed by atoms with van der Waals surface area (Å²) in [5.41, 5.74) is 12.1. The van der Waals surface area contributed by atoms with Crippen molar-refractivity contribution in [2.45, 2.75) is 19.3 Å². The maximum Gasteiger partial charge on any atom is 0.160 e. The third kappa shape index (κ3) is 7.32. The van der Waals surface area contributed by atoms with E-state index in [1.807, 2.05) is 41.7 Å². The van der Waals surface area contributed by atoms with Crippen molar-refractivity contribution in [2.75, 3.05) is 0 Å². The topological polar surface area (TPSA) is 50.5 Å². The van der Waals surface area contributed by atoms with Crippen LogP contribution in [0.1, 0.15) is 36.0 Å². The summed E-state index contributed by atoms with van der Waals surface area (Å²) >= 11 is 1.82. The van der Waals surface area contributed by atoms with E-state index in [0.717, 1.165) is 86.6 Å². The highest BCUT2D eigenvalue weighted by Crippen LogP contribution is 2.37. The van der Waals surface area contributed by atoms with E-state index in [1.165, 1.54) is 20.2 Å². The van der Waals surface area contributed by atoms with Gasteiger partial charge < -0.3 is 0 Å². The first-order chi connectivity index (χ1) is 28.7. The second kappa shape index (κ2) is 15.8. The van der Waals surface area contributed by atoms with E-state index < -0.39 is 0 Å². The molecule has 0 atom stereocenters. The maximum absolute atomic E-state index is 5.36. The molecule has 58 heavy (non-hydrogen) atoms. The molecule has 0 unspecified atom stereocenters. The van der Waals surface area contributed by atoms with E-state index in [0.29, 0.717) is 11.7 Å². The number of fused-ring (bicyclic) bond motifs is 3. The van der Waals surface area contributed by atoms with Crippen LogP contribution in [0, 0.1) is 0 Å². The van der Waals surface area contributed by atoms with Crippen LogP contribution in [0.25, 0.3) is 70.9 Å². The lowest BCUT2D eigenvalue weighted by Gasteiger charge is -2.13. The summed E-state index contributed by atoms with van der Waals surface area (Å²) in [5, 5.41) is 2.55. The fraction of sp³-hybridized carbons (Fsp3) is 0.0566. The van der Waals surface area contributed by atoms with Crippen LogP contribution in [0.5, 0.6) is 0 Å². The van der Waals surface area contributed by atoms with E-state index in [9.17, 15) is 0 Å². The number of rotatable bonds is 7. The van der Waals surface area contributed by atoms with E-state index in [1.54, 1.807) is 0 Å². The van der Waals surface area contributed by atoms with Crippen molar-refractivity contribution in [3.05, 3.63) is 211 Å². The fourth-order valence-corrected chi connectivity index (χ4v) is 8.82. The Morgan fingerprint density at radius 1 is 0.397 bits per heavy atom. The Bertz CT molecular complexity index is 3020. The molecule has 9 aromatic rings. The number of nitrogens with zero attached hydrogens (tertiary/aromatic N) is 4. The molecule has 0 amide bonds. The molecule has 0 aliphatic carbocycles. The Morgan fingerprint density at radius 2 is 0.983 bits per heavy atom. The van der Waals surface area contributed by atoms with Crippen molar-refractivity contribution in [1.29, 1.82) is 0 Å². The number of hydrogen-bond acceptors (Lipinski definition) is 5. The number of thiophene rings is 1. The first kappa shape index (κ1) is 35.3. The van der Waals surface area contributed by atoms with Crippen LogP contribution < -0.4 is 0 Å². The van der Waals surface area contributed by atoms with Crippen LogP contribution >= 0.6 is 11.3 Å². The highest BCUT2D eigenvalue weighted by Gasteiger charge is 2.16. The van der Waals surface area contributed by atoms with Crippen LogP contribution in [0.4, 0.5) is 0 Å². The predicted octanol–water partition coefficient (Wildman–Crippen LogP) is 14.0. The average molecular weight is 763 g/mol. The quantitative estimate of drug-likeness (QED) is 0.162. The molecule has 0 radical (unpaired) electrons. The maximum atomic E-state index is 5.36. The summed E-state index contributed by atoms with van der Waals surface area (Å²) < 4.78 is 2.53. The van der Waals surface area contributed by atoms with E-state index in [2.05, 4.69) is 164 Å². The summed E-state index contributed by atoms with van der Waals surface area (Å²) in [6.45, 7) is 0. The van der Waals surface area contributed by atoms with Gasteiger partial charge in [0.2, 0.25) is 0 Å². The standard InChI is InChI=1S/C53H38N4S/c1-4-16-36(17-5-1)39-22-14-25-43(32-39)53-56-48(35-49(57-53)42-30-31-45-44-26-10-13-29-50(44)58-51(45)34-42)41-24-15-23-40(33-41)47-28-12-11-27-46(37-18-6-2-7-19-37)54-52(55-47)38-20-8-3-9-21-38/h1-10,13-27,29-35H,11-12,28H2. The number of aliphatic imine (C=N–C) groups is 2. The summed E-state index contributed by atoms with van der Waals surface area (Å²) in [7, 11) is 0. The van der Waals surface area contributed by atoms with Gasteiger partial charge in [0.1, 0.15) is 0 Å². The monoisotopic (exact) mass is 762 g/mol. The largest absolute Gasteiger partial charge is 0.233 e. The third-order valence-corrected chi connectivity index (χ3v) is 11.8. The Morgan fingerprint density at radius 3 is 1.76 bits per heavy atom. The lowest BCUT2D eigenvalue weighted by atomic mass is 9.99. The minimum absolute atomic E-state index is 0.685. The van der Waals surface area contributed by atoms with Crippen LogP contribution in [-0.4, -0.2) is 21.5 Å². The molecule has 7 aromatic carbocycles. The Labute approximate surface area is 342 Å². The average Bonchev–Trinajstić information content (AvgIpc) is 3.72. The Kier molecular flexibility index (Phi) is 9.64. The first-order valence-electron chi connectivity index (χ1n) is 19.8. The smallest absolute Gasteiger partial charge is 0.160 e. The minimum atomic E-state index is 0.685. The molecule has 0 spiro atoms. The van der Waals surface area contributed by atoms with Crippen molar-refractivity contribution < 1.29 is 0 Å². The molecular weight excluding hydrogens is 725 g/mol. The second-order valence-corrected chi connectivity index (χ2v) is 15.6. The normalized spacial score (nSPS) is 13.3. The number of allylic oxidation sites excluding steroid dienone is 1. The molecular formula is C53H38N4S. The zero-order valence-corrected chi connectivity index (χ0v) is 32.6. The highest BCUT2D eigenvalue weighted by molar-refractivity contribution is 7.25. The van der Waals surface area contributed by atoms with Crippen molar-refractivity contribution in [2.24, 2.45) is 9.98 Å². The Balaban J connectivity index is 1.10. The summed E-state index contributed by atoms with van der Waals surface area (Å²) in [5.74, 6) is 1.39. The van der Waals surface area contributed by atoms with Crippen LogP contribution in [0.3, 0.4) is 0 Å². The zero-order chi connectivity index (χ0) is 38.7. The molecule has 4 nitrogen and oxygen atoms in total. The molecule has 1 aliphatic rings. The summed E-state index contributed by atoms with van der Waals surface area (Å²) in [6.07, 6.45) is 4.92. The van der Waals surface area contributed by atoms with Gasteiger partial charge in [0.05, 0.1) is 22.8 Å². The second-order valence-electron chi connectivity index (χ2n) is 14.5. The van der Waals surface area contributed by atoms with Crippen molar-refractivity contribution in [3.8, 4) is 45.0 Å². The predicted molar refractivity (Wildman–Crippen MR) is 244 cm³/mol. The van der Waals surface area contributed by atoms with Gasteiger partial charge in [-0.3, -0.25) is 0 Å². The first-order valence-corrected chi connectivity index (χ1v) is 20.6. The lowest BCUT2D eigenvalue weighted by molar-refractivity contribution is 0.896. The molecule has 0 N–H and O–H groups in total. The van der Waals surface area contributed by atoms with Gasteiger partial charge in [-0.25, -0.2) is 20.0 Å². The molecule has 3 heterocycles. The SMILES string of the molecule is C1=C(c2ccccc2)N=C(c2ccccc2)N=C(c2cccc(-c3cc(-c4ccc5c(c4)sc4ccccc45)nc(-c4cccc(-c5ccccc5)c4)n3)c2)CCC1. The van der Waals surface area contributed by atoms with E-state index >= 15 is 0 Å². The number of aromatic nitrogens is 2. The van der Waals surface area contributed by atoms with E-state index in [-0.39, 0.29) is 0 Å². The van der Waals surface area contributed by atoms with Gasteiger partial charge in [0.25, 0.3) is 0 Å². The molecule has 276 valence electrons. The van der Waals surface area contributed by atoms with Gasteiger partial charge in [-0.1, -0.05) is 164 Å². The summed E-state index contributed by atoms with van der Waals surface area (Å²) in [4.78, 5) is 21.1. The van der Waals surface area contributed by atoms with Crippen LogP contribution in [0.2, 0.25) is 0 Å². The van der Waals surface area contributed by atoms with Crippen LogP contribution in [0.15, 0.2) is 204 Å². The van der Waals surface area contributed by atoms with Gasteiger partial charge in [-0.05, 0) is 71.8 Å². The number of benzene rings is 7. The molecule has 5 heteroatoms. The Hall–Kier alpha value is -7.08. The zero-order valence-electron chi connectivity index (χ0n) is 31.8. The van der Waals surface area contributed by atoms with Crippen molar-refractivity contribution in [3.63, 3.8) is 0 Å². The molecule has 2 aromatic heterocycles. The molecule has 0 bridgehead atoms. The summed E-state index contributed by atoms with van der Waals surface area (Å²) in [6, 6.07) is 65.8. The van der Waals surface area contributed by atoms with Gasteiger partial charge in [-0.15, -0.1) is 11.3 Å².